The SMILES string of the molecule is C/C1=C2N=C(/C=C3N=C(/C(C)=C4\[N-][C@@](C)(C5N=C1[C@](C)(CCC(=O)NCC(C)OP(=O)([O-])O[C@@H]1[C@H](O)[C@H](n6cnc7cc(C)c(C)cc76)O[C@H]1CO)[C@H]5CC(N)=O)[C@@](C)(CC(N)=O)[C@@H]4CCC(N)=O)[C@@](C)(CC(N)=O)[C@@H]\3CCC(N)=O)C(C)(C)C/2CCC(N)=O.Cl.O.[Co+2]. The van der Waals surface area contributed by atoms with E-state index in [-0.39, 0.29) is 112 Å². The molecule has 6 aliphatic heterocycles. The van der Waals surface area contributed by atoms with Gasteiger partial charge >= 0.3 is 16.8 Å². The van der Waals surface area contributed by atoms with E-state index in [1.807, 2.05) is 80.5 Å². The smallest absolute Gasteiger partial charge is 0.756 e. The summed E-state index contributed by atoms with van der Waals surface area (Å²) in [5.74, 6) is -7.40. The molecule has 6 aliphatic rings. The maximum Gasteiger partial charge on any atom is 2.00 e. The minimum atomic E-state index is -5.32. The maximum atomic E-state index is 14.4. The molecule has 7 heterocycles. The molecule has 0 aliphatic carbocycles. The van der Waals surface area contributed by atoms with Crippen molar-refractivity contribution in [1.82, 2.24) is 14.9 Å². The number of hydrogen-bond donors (Lipinski definition) is 9. The van der Waals surface area contributed by atoms with E-state index in [4.69, 9.17) is 68.5 Å². The topological polar surface area (TPSA) is 496 Å². The molecule has 515 valence electrons. The van der Waals surface area contributed by atoms with Gasteiger partial charge in [0, 0.05) is 114 Å². The maximum absolute atomic E-state index is 14.4. The number of halogens is 1. The number of aliphatic hydroxyl groups excluding tert-OH is 2. The van der Waals surface area contributed by atoms with Crippen LogP contribution >= 0.6 is 20.2 Å². The number of amides is 7. The second-order valence-electron chi connectivity index (χ2n) is 27.0. The molecule has 1 aromatic carbocycles. The van der Waals surface area contributed by atoms with Crippen molar-refractivity contribution < 1.29 is 89.3 Å². The number of rotatable bonds is 26. The summed E-state index contributed by atoms with van der Waals surface area (Å²) in [6, 6.07) is 2.65. The van der Waals surface area contributed by atoms with Crippen molar-refractivity contribution in [2.45, 2.75) is 189 Å². The number of aryl methyl sites for hydroxylation is 2. The van der Waals surface area contributed by atoms with Gasteiger partial charge in [-0.05, 0) is 118 Å². The van der Waals surface area contributed by atoms with Gasteiger partial charge in [0.1, 0.15) is 18.3 Å². The Labute approximate surface area is 557 Å². The molecule has 0 spiro atoms. The molecule has 1 aromatic heterocycles. The number of fused-ring (bicyclic) bond motifs is 7. The third kappa shape index (κ3) is 14.9. The van der Waals surface area contributed by atoms with Crippen LogP contribution in [0, 0.1) is 59.2 Å². The summed E-state index contributed by atoms with van der Waals surface area (Å²) in [5.41, 5.74) is 36.7. The predicted octanol–water partition coefficient (Wildman–Crippen LogP) is 2.91. The van der Waals surface area contributed by atoms with Crippen molar-refractivity contribution in [2.24, 2.45) is 94.7 Å². The van der Waals surface area contributed by atoms with E-state index in [0.29, 0.717) is 56.4 Å². The molecule has 7 amide bonds. The molecular weight excluding hydrogens is 1290 g/mol. The largest absolute Gasteiger partial charge is 2.00 e. The third-order valence-corrected chi connectivity index (χ3v) is 21.6. The standard InChI is InChI=1S/C62H90N13O14P.ClH.Co.H2O/c1-29-20-39-40(21-30(29)2)75(28-70-39)57-52(84)53(41(27-76)87-57)89-90(85,86)88-31(3)26-69-49(83)18-19-59(8)37(22-46(66)80)56-62(11)61(10,25-48(68)82)36(14-17-45(65)79)51(74-62)33(5)55-60(9,24-47(67)81)34(12-15-43(63)77)38(71-55)23-42-58(6,7)35(13-16-44(64)78)50(72-42)32(4)54(59)73-56;;;/h20-21,23,28,31,34-37,41,52-53,56-57,76,84H,12-19,22,24-27H2,1-11H3,(H15,63,64,65,66,67,68,69,71,72,73,74,77,78,79,80,81,82,83,85,86);1H;;1H2/q;;+2;/p-2/t31?,34-,35?,36-,37+,41+,52+,53+,56?,57-,59-,60+,61+,62+;;;/m1.../s1. The molecule has 28 nitrogen and oxygen atoms in total. The fraction of sp³-hybridized carbons (Fsp3) is 0.629. The quantitative estimate of drug-likeness (QED) is 0.0612. The van der Waals surface area contributed by atoms with Gasteiger partial charge in [-0.1, -0.05) is 47.1 Å². The van der Waals surface area contributed by atoms with Crippen LogP contribution in [0.1, 0.15) is 150 Å². The number of ether oxygens (including phenoxy) is 1. The van der Waals surface area contributed by atoms with Crippen LogP contribution in [-0.4, -0.2) is 133 Å². The second-order valence-corrected chi connectivity index (χ2v) is 28.3. The number of aliphatic imine (C=N–C) groups is 3. The minimum Gasteiger partial charge on any atom is -0.756 e. The van der Waals surface area contributed by atoms with E-state index in [1.54, 1.807) is 6.92 Å². The molecule has 93 heavy (non-hydrogen) atoms. The van der Waals surface area contributed by atoms with Crippen molar-refractivity contribution in [3.05, 3.63) is 69.2 Å². The number of phosphoric ester groups is 1. The number of nitrogens with one attached hydrogen (secondary N) is 1. The second kappa shape index (κ2) is 29.0. The average Bonchev–Trinajstić information content (AvgIpc) is 1.53. The van der Waals surface area contributed by atoms with Crippen LogP contribution in [0.2, 0.25) is 0 Å². The number of aliphatic hydroxyl groups is 2. The van der Waals surface area contributed by atoms with Crippen LogP contribution in [0.15, 0.2) is 67.8 Å². The molecular formula is C62H91ClCoN13O15P. The van der Waals surface area contributed by atoms with Crippen LogP contribution in [0.5, 0.6) is 0 Å². The van der Waals surface area contributed by atoms with Crippen LogP contribution in [-0.2, 0) is 68.7 Å². The van der Waals surface area contributed by atoms with Crippen LogP contribution in [0.4, 0.5) is 0 Å². The van der Waals surface area contributed by atoms with E-state index in [9.17, 15) is 53.2 Å². The van der Waals surface area contributed by atoms with Gasteiger partial charge in [0.2, 0.25) is 41.4 Å². The number of nitrogens with zero attached hydrogens (tertiary/aromatic N) is 6. The van der Waals surface area contributed by atoms with E-state index >= 15 is 0 Å². The summed E-state index contributed by atoms with van der Waals surface area (Å²) in [4.78, 5) is 128. The Kier molecular flexibility index (Phi) is 24.2. The van der Waals surface area contributed by atoms with Crippen molar-refractivity contribution in [1.29, 1.82) is 0 Å². The van der Waals surface area contributed by atoms with E-state index < -0.39 is 143 Å². The number of carbonyl (C=O) groups excluding carboxylic acids is 7. The normalized spacial score (nSPS) is 33.1. The number of phosphoric acid groups is 1. The van der Waals surface area contributed by atoms with Gasteiger partial charge in [0.15, 0.2) is 6.23 Å². The number of allylic oxidation sites excluding steroid dienone is 6. The molecule has 4 unspecified atom stereocenters. The molecule has 2 saturated heterocycles. The van der Waals surface area contributed by atoms with E-state index in [1.165, 1.54) is 17.8 Å². The fourth-order valence-electron chi connectivity index (χ4n) is 15.3. The molecule has 2 fully saturated rings. The van der Waals surface area contributed by atoms with Gasteiger partial charge in [-0.2, -0.15) is 5.70 Å². The first-order chi connectivity index (χ1) is 41.8. The molecule has 0 saturated carbocycles. The van der Waals surface area contributed by atoms with Gasteiger partial charge in [-0.15, -0.1) is 12.4 Å². The molecule has 31 heteroatoms. The zero-order valence-electron chi connectivity index (χ0n) is 54.4. The van der Waals surface area contributed by atoms with E-state index in [0.717, 1.165) is 11.1 Å². The summed E-state index contributed by atoms with van der Waals surface area (Å²) in [6.07, 6.45) is -4.79. The molecule has 15 atom stereocenters. The summed E-state index contributed by atoms with van der Waals surface area (Å²) >= 11 is 0. The van der Waals surface area contributed by atoms with Crippen molar-refractivity contribution in [2.75, 3.05) is 13.2 Å². The minimum absolute atomic E-state index is 0. The van der Waals surface area contributed by atoms with E-state index in [2.05, 4.69) is 10.3 Å². The summed E-state index contributed by atoms with van der Waals surface area (Å²) < 4.78 is 31.9. The van der Waals surface area contributed by atoms with Gasteiger partial charge < -0.3 is 84.0 Å². The Hall–Kier alpha value is -6.24. The Bertz CT molecular complexity index is 3550. The first-order valence-corrected chi connectivity index (χ1v) is 32.0. The number of aromatic nitrogens is 2. The molecule has 1 radical (unpaired) electrons. The summed E-state index contributed by atoms with van der Waals surface area (Å²) in [5, 5.41) is 30.1. The fourth-order valence-corrected chi connectivity index (χ4v) is 16.4. The van der Waals surface area contributed by atoms with Gasteiger partial charge in [0.25, 0.3) is 7.82 Å². The van der Waals surface area contributed by atoms with Crippen molar-refractivity contribution in [3.8, 4) is 0 Å². The Morgan fingerprint density at radius 2 is 1.38 bits per heavy atom. The Balaban J connectivity index is 0.00000523. The Morgan fingerprint density at radius 3 is 1.95 bits per heavy atom. The monoisotopic (exact) mass is 1380 g/mol. The molecule has 17 N–H and O–H groups in total. The first kappa shape index (κ1) is 77.5. The van der Waals surface area contributed by atoms with Crippen LogP contribution in [0.3, 0.4) is 0 Å². The molecule has 8 bridgehead atoms. The van der Waals surface area contributed by atoms with Crippen molar-refractivity contribution in [3.63, 3.8) is 0 Å². The molecule has 2 aromatic rings. The average molecular weight is 1380 g/mol. The predicted molar refractivity (Wildman–Crippen MR) is 342 cm³/mol. The number of primary amides is 6. The zero-order chi connectivity index (χ0) is 66.7. The van der Waals surface area contributed by atoms with Gasteiger partial charge in [0.05, 0.1) is 30.1 Å². The first-order valence-electron chi connectivity index (χ1n) is 30.5. The zero-order valence-corrected chi connectivity index (χ0v) is 57.2. The summed E-state index contributed by atoms with van der Waals surface area (Å²) in [7, 11) is -5.32. The number of nitrogens with two attached hydrogens (primary N) is 6. The number of hydrogen-bond acceptors (Lipinski definition) is 18. The number of imidazole rings is 1. The van der Waals surface area contributed by atoms with Crippen molar-refractivity contribution >= 4 is 89.7 Å². The number of carbonyl (C=O) groups is 7. The Morgan fingerprint density at radius 1 is 0.796 bits per heavy atom. The van der Waals surface area contributed by atoms with Gasteiger partial charge in [-0.25, -0.2) is 4.98 Å². The number of benzene rings is 1. The van der Waals surface area contributed by atoms with Gasteiger partial charge in [-0.3, -0.25) is 53.1 Å². The third-order valence-electron chi connectivity index (χ3n) is 20.5. The van der Waals surface area contributed by atoms with Crippen LogP contribution in [0.25, 0.3) is 16.4 Å². The molecule has 8 rings (SSSR count). The van der Waals surface area contributed by atoms with Crippen LogP contribution < -0.4 is 44.6 Å². The summed E-state index contributed by atoms with van der Waals surface area (Å²) in [6.45, 7) is 19.0.